The number of hydrogen-bond donors (Lipinski definition) is 1. The van der Waals surface area contributed by atoms with Crippen LogP contribution in [-0.2, 0) is 0 Å². The van der Waals surface area contributed by atoms with Crippen molar-refractivity contribution >= 4 is 23.0 Å². The molecule has 0 spiro atoms. The Morgan fingerprint density at radius 1 is 1.31 bits per heavy atom. The minimum Gasteiger partial charge on any atom is -0.536 e. The molecule has 0 aliphatic carbocycles. The van der Waals surface area contributed by atoms with Crippen molar-refractivity contribution in [2.75, 3.05) is 5.33 Å². The maximum Gasteiger partial charge on any atom is 0.522 e. The first-order chi connectivity index (χ1) is 6.33. The van der Waals surface area contributed by atoms with E-state index in [0.717, 1.165) is 11.8 Å². The molecule has 0 saturated heterocycles. The van der Waals surface area contributed by atoms with Crippen LogP contribution in [-0.4, -0.2) is 17.5 Å². The Balaban J connectivity index is 2.32. The van der Waals surface area contributed by atoms with Crippen LogP contribution in [0.1, 0.15) is 6.42 Å². The zero-order valence-corrected chi connectivity index (χ0v) is 8.90. The highest BCUT2D eigenvalue weighted by molar-refractivity contribution is 9.09. The van der Waals surface area contributed by atoms with Crippen LogP contribution in [0.4, 0.5) is 0 Å². The zero-order valence-electron chi connectivity index (χ0n) is 7.32. The Labute approximate surface area is 87.2 Å². The minimum absolute atomic E-state index is 0.653. The summed E-state index contributed by atoms with van der Waals surface area (Å²) in [5.74, 6) is 0.713. The first-order valence-corrected chi connectivity index (χ1v) is 5.41. The molecule has 0 bridgehead atoms. The number of hydrogen-bond acceptors (Lipinski definition) is 2. The molecule has 13 heavy (non-hydrogen) atoms. The molecule has 0 aliphatic heterocycles. The van der Waals surface area contributed by atoms with Gasteiger partial charge in [0.2, 0.25) is 0 Å². The average molecular weight is 243 g/mol. The Hall–Kier alpha value is -0.475. The van der Waals surface area contributed by atoms with Gasteiger partial charge in [0.05, 0.1) is 0 Å². The lowest BCUT2D eigenvalue weighted by Gasteiger charge is -2.08. The second-order valence-corrected chi connectivity index (χ2v) is 3.51. The summed E-state index contributed by atoms with van der Waals surface area (Å²) < 4.78 is 5.25. The summed E-state index contributed by atoms with van der Waals surface area (Å²) in [5.41, 5.74) is 0. The van der Waals surface area contributed by atoms with Gasteiger partial charge >= 0.3 is 7.12 Å². The molecular weight excluding hydrogens is 231 g/mol. The van der Waals surface area contributed by atoms with Crippen LogP contribution < -0.4 is 4.65 Å². The summed E-state index contributed by atoms with van der Waals surface area (Å²) in [6, 6.07) is 9.34. The molecule has 2 nitrogen and oxygen atoms in total. The third kappa shape index (κ3) is 4.34. The molecule has 4 heteroatoms. The third-order valence-corrected chi connectivity index (χ3v) is 2.16. The lowest BCUT2D eigenvalue weighted by atomic mass is 9.84. The number of halogens is 1. The first-order valence-electron chi connectivity index (χ1n) is 4.28. The number of alkyl halides is 1. The smallest absolute Gasteiger partial charge is 0.522 e. The number of rotatable bonds is 5. The predicted molar refractivity (Wildman–Crippen MR) is 58.3 cm³/mol. The SMILES string of the molecule is OB(CCCBr)Oc1ccccc1. The van der Waals surface area contributed by atoms with E-state index in [-0.39, 0.29) is 0 Å². The maximum absolute atomic E-state index is 9.39. The molecule has 0 heterocycles. The molecule has 0 aliphatic rings. The topological polar surface area (TPSA) is 29.5 Å². The van der Waals surface area contributed by atoms with E-state index in [4.69, 9.17) is 4.65 Å². The third-order valence-electron chi connectivity index (χ3n) is 1.60. The van der Waals surface area contributed by atoms with Gasteiger partial charge in [-0.15, -0.1) is 0 Å². The molecule has 0 aromatic heterocycles. The van der Waals surface area contributed by atoms with E-state index in [0.29, 0.717) is 12.1 Å². The summed E-state index contributed by atoms with van der Waals surface area (Å²) in [5, 5.41) is 10.3. The lowest BCUT2D eigenvalue weighted by Crippen LogP contribution is -2.21. The number of para-hydroxylation sites is 1. The minimum atomic E-state index is -0.694. The van der Waals surface area contributed by atoms with Gasteiger partial charge in [0.1, 0.15) is 5.75 Å². The van der Waals surface area contributed by atoms with Crippen LogP contribution in [0.5, 0.6) is 5.75 Å². The molecule has 0 unspecified atom stereocenters. The van der Waals surface area contributed by atoms with Gasteiger partial charge in [-0.3, -0.25) is 0 Å². The summed E-state index contributed by atoms with van der Waals surface area (Å²) in [6.07, 6.45) is 1.56. The Kier molecular flexibility index (Phi) is 4.94. The summed E-state index contributed by atoms with van der Waals surface area (Å²) >= 11 is 3.30. The highest BCUT2D eigenvalue weighted by Crippen LogP contribution is 2.10. The van der Waals surface area contributed by atoms with Crippen LogP contribution in [0.25, 0.3) is 0 Å². The van der Waals surface area contributed by atoms with Crippen molar-refractivity contribution in [2.45, 2.75) is 12.7 Å². The van der Waals surface area contributed by atoms with Crippen molar-refractivity contribution in [1.82, 2.24) is 0 Å². The van der Waals surface area contributed by atoms with Crippen molar-refractivity contribution in [2.24, 2.45) is 0 Å². The fourth-order valence-corrected chi connectivity index (χ4v) is 1.29. The summed E-state index contributed by atoms with van der Waals surface area (Å²) in [6.45, 7) is 0. The molecule has 70 valence electrons. The Bertz CT molecular complexity index is 230. The van der Waals surface area contributed by atoms with E-state index in [1.807, 2.05) is 30.3 Å². The molecule has 0 radical (unpaired) electrons. The number of benzene rings is 1. The fraction of sp³-hybridized carbons (Fsp3) is 0.333. The standard InChI is InChI=1S/C9H12BBrO2/c11-8-4-7-10(12)13-9-5-2-1-3-6-9/h1-3,5-6,12H,4,7-8H2. The molecular formula is C9H12BBrO2. The van der Waals surface area contributed by atoms with E-state index < -0.39 is 7.12 Å². The quantitative estimate of drug-likeness (QED) is 0.635. The van der Waals surface area contributed by atoms with Crippen molar-refractivity contribution in [3.63, 3.8) is 0 Å². The van der Waals surface area contributed by atoms with Crippen LogP contribution >= 0.6 is 15.9 Å². The maximum atomic E-state index is 9.39. The molecule has 1 aromatic carbocycles. The van der Waals surface area contributed by atoms with Gasteiger partial charge in [-0.25, -0.2) is 0 Å². The highest BCUT2D eigenvalue weighted by atomic mass is 79.9. The van der Waals surface area contributed by atoms with Crippen LogP contribution in [0, 0.1) is 0 Å². The molecule has 1 rings (SSSR count). The van der Waals surface area contributed by atoms with Crippen LogP contribution in [0.15, 0.2) is 30.3 Å². The second kappa shape index (κ2) is 6.05. The van der Waals surface area contributed by atoms with Crippen molar-refractivity contribution in [1.29, 1.82) is 0 Å². The van der Waals surface area contributed by atoms with E-state index in [1.54, 1.807) is 0 Å². The van der Waals surface area contributed by atoms with Crippen LogP contribution in [0.2, 0.25) is 6.32 Å². The van der Waals surface area contributed by atoms with E-state index in [2.05, 4.69) is 15.9 Å². The van der Waals surface area contributed by atoms with E-state index in [1.165, 1.54) is 0 Å². The molecule has 0 saturated carbocycles. The average Bonchev–Trinajstić information content (AvgIpc) is 2.16. The molecule has 0 fully saturated rings. The molecule has 0 atom stereocenters. The molecule has 1 aromatic rings. The van der Waals surface area contributed by atoms with Gasteiger partial charge in [-0.1, -0.05) is 34.1 Å². The second-order valence-electron chi connectivity index (χ2n) is 2.72. The van der Waals surface area contributed by atoms with Crippen molar-refractivity contribution in [3.8, 4) is 5.75 Å². The normalized spacial score (nSPS) is 9.69. The largest absolute Gasteiger partial charge is 0.536 e. The van der Waals surface area contributed by atoms with Gasteiger partial charge in [0.15, 0.2) is 0 Å². The van der Waals surface area contributed by atoms with Gasteiger partial charge in [0, 0.05) is 5.33 Å². The summed E-state index contributed by atoms with van der Waals surface area (Å²) in [4.78, 5) is 0. The van der Waals surface area contributed by atoms with Crippen molar-refractivity contribution in [3.05, 3.63) is 30.3 Å². The lowest BCUT2D eigenvalue weighted by molar-refractivity contribution is 0.412. The Morgan fingerprint density at radius 2 is 2.00 bits per heavy atom. The first kappa shape index (κ1) is 10.6. The molecule has 1 N–H and O–H groups in total. The molecule has 0 amide bonds. The van der Waals surface area contributed by atoms with E-state index in [9.17, 15) is 5.02 Å². The van der Waals surface area contributed by atoms with Gasteiger partial charge < -0.3 is 9.68 Å². The van der Waals surface area contributed by atoms with E-state index >= 15 is 0 Å². The highest BCUT2D eigenvalue weighted by Gasteiger charge is 2.13. The van der Waals surface area contributed by atoms with Gasteiger partial charge in [-0.05, 0) is 24.9 Å². The Morgan fingerprint density at radius 3 is 2.62 bits per heavy atom. The van der Waals surface area contributed by atoms with Gasteiger partial charge in [0.25, 0.3) is 0 Å². The summed E-state index contributed by atoms with van der Waals surface area (Å²) in [7, 11) is -0.694. The monoisotopic (exact) mass is 242 g/mol. The zero-order chi connectivity index (χ0) is 9.52. The van der Waals surface area contributed by atoms with Crippen LogP contribution in [0.3, 0.4) is 0 Å². The fourth-order valence-electron chi connectivity index (χ4n) is 0.967. The van der Waals surface area contributed by atoms with Gasteiger partial charge in [-0.2, -0.15) is 0 Å². The van der Waals surface area contributed by atoms with Crippen molar-refractivity contribution < 1.29 is 9.68 Å². The predicted octanol–water partition coefficient (Wildman–Crippen LogP) is 2.33.